The van der Waals surface area contributed by atoms with Gasteiger partial charge in [0.2, 0.25) is 0 Å². The Bertz CT molecular complexity index is 611. The molecule has 0 aliphatic rings. The fraction of sp³-hybridized carbons (Fsp3) is 0.312. The van der Waals surface area contributed by atoms with Gasteiger partial charge in [-0.05, 0) is 17.0 Å². The first-order chi connectivity index (χ1) is 9.60. The lowest BCUT2D eigenvalue weighted by molar-refractivity contribution is 0.857. The van der Waals surface area contributed by atoms with E-state index in [1.54, 1.807) is 6.07 Å². The summed E-state index contributed by atoms with van der Waals surface area (Å²) < 4.78 is 0. The van der Waals surface area contributed by atoms with Gasteiger partial charge in [-0.2, -0.15) is 5.26 Å². The molecular weight excluding hydrogens is 248 g/mol. The molecule has 0 amide bonds. The van der Waals surface area contributed by atoms with Gasteiger partial charge in [0.1, 0.15) is 23.9 Å². The van der Waals surface area contributed by atoms with Crippen LogP contribution in [-0.2, 0) is 6.54 Å². The van der Waals surface area contributed by atoms with Crippen LogP contribution < -0.4 is 4.90 Å². The van der Waals surface area contributed by atoms with Crippen molar-refractivity contribution in [1.82, 2.24) is 9.97 Å². The monoisotopic (exact) mass is 266 g/mol. The summed E-state index contributed by atoms with van der Waals surface area (Å²) in [5.41, 5.74) is 2.94. The SMILES string of the molecule is CC(C)c1ccc(CN(C)c2cc(C#N)ncn2)cc1. The van der Waals surface area contributed by atoms with Gasteiger partial charge in [-0.25, -0.2) is 9.97 Å². The molecular formula is C16H18N4. The van der Waals surface area contributed by atoms with Crippen molar-refractivity contribution >= 4 is 5.82 Å². The van der Waals surface area contributed by atoms with Crippen molar-refractivity contribution in [2.24, 2.45) is 0 Å². The second kappa shape index (κ2) is 6.16. The smallest absolute Gasteiger partial charge is 0.145 e. The zero-order valence-electron chi connectivity index (χ0n) is 12.0. The summed E-state index contributed by atoms with van der Waals surface area (Å²) in [6.07, 6.45) is 1.42. The van der Waals surface area contributed by atoms with Crippen LogP contribution in [0.2, 0.25) is 0 Å². The number of hydrogen-bond acceptors (Lipinski definition) is 4. The average molecular weight is 266 g/mol. The van der Waals surface area contributed by atoms with E-state index in [9.17, 15) is 0 Å². The van der Waals surface area contributed by atoms with E-state index < -0.39 is 0 Å². The first-order valence-corrected chi connectivity index (χ1v) is 6.62. The maximum Gasteiger partial charge on any atom is 0.145 e. The highest BCUT2D eigenvalue weighted by Crippen LogP contribution is 2.17. The highest BCUT2D eigenvalue weighted by atomic mass is 15.2. The van der Waals surface area contributed by atoms with Crippen LogP contribution in [-0.4, -0.2) is 17.0 Å². The normalized spacial score (nSPS) is 10.3. The molecule has 0 bridgehead atoms. The van der Waals surface area contributed by atoms with Crippen LogP contribution in [0.1, 0.15) is 36.6 Å². The Balaban J connectivity index is 2.11. The number of hydrogen-bond donors (Lipinski definition) is 0. The van der Waals surface area contributed by atoms with Gasteiger partial charge < -0.3 is 4.90 Å². The molecule has 2 aromatic rings. The molecule has 1 aromatic carbocycles. The van der Waals surface area contributed by atoms with Gasteiger partial charge in [0.25, 0.3) is 0 Å². The van der Waals surface area contributed by atoms with Gasteiger partial charge in [0, 0.05) is 19.7 Å². The molecule has 0 radical (unpaired) electrons. The third kappa shape index (κ3) is 3.33. The molecule has 0 aliphatic carbocycles. The van der Waals surface area contributed by atoms with Crippen molar-refractivity contribution < 1.29 is 0 Å². The standard InChI is InChI=1S/C16H18N4/c1-12(2)14-6-4-13(5-7-14)10-20(3)16-8-15(9-17)18-11-19-16/h4-8,11-12H,10H2,1-3H3. The lowest BCUT2D eigenvalue weighted by Crippen LogP contribution is -2.18. The number of aromatic nitrogens is 2. The van der Waals surface area contributed by atoms with Crippen LogP contribution in [0.3, 0.4) is 0 Å². The summed E-state index contributed by atoms with van der Waals surface area (Å²) in [7, 11) is 1.96. The fourth-order valence-corrected chi connectivity index (χ4v) is 1.98. The largest absolute Gasteiger partial charge is 0.355 e. The minimum atomic E-state index is 0.386. The maximum atomic E-state index is 8.86. The third-order valence-electron chi connectivity index (χ3n) is 3.22. The summed E-state index contributed by atoms with van der Waals surface area (Å²) in [5.74, 6) is 1.30. The van der Waals surface area contributed by atoms with Gasteiger partial charge in [-0.1, -0.05) is 38.1 Å². The Morgan fingerprint density at radius 1 is 1.20 bits per heavy atom. The van der Waals surface area contributed by atoms with E-state index >= 15 is 0 Å². The molecule has 0 aliphatic heterocycles. The first-order valence-electron chi connectivity index (χ1n) is 6.62. The Kier molecular flexibility index (Phi) is 4.31. The van der Waals surface area contributed by atoms with Crippen molar-refractivity contribution in [1.29, 1.82) is 5.26 Å². The van der Waals surface area contributed by atoms with Gasteiger partial charge in [0.05, 0.1) is 0 Å². The first kappa shape index (κ1) is 14.0. The Labute approximate surface area is 119 Å². The summed E-state index contributed by atoms with van der Waals surface area (Å²) in [4.78, 5) is 10.1. The summed E-state index contributed by atoms with van der Waals surface area (Å²) in [6.45, 7) is 5.12. The van der Waals surface area contributed by atoms with Crippen LogP contribution in [0, 0.1) is 11.3 Å². The molecule has 4 nitrogen and oxygen atoms in total. The zero-order valence-corrected chi connectivity index (χ0v) is 12.0. The molecule has 0 unspecified atom stereocenters. The number of anilines is 1. The highest BCUT2D eigenvalue weighted by molar-refractivity contribution is 5.42. The molecule has 102 valence electrons. The van der Waals surface area contributed by atoms with E-state index in [4.69, 9.17) is 5.26 Å². The van der Waals surface area contributed by atoms with Crippen molar-refractivity contribution in [3.63, 3.8) is 0 Å². The quantitative estimate of drug-likeness (QED) is 0.853. The van der Waals surface area contributed by atoms with Crippen molar-refractivity contribution in [2.75, 3.05) is 11.9 Å². The van der Waals surface area contributed by atoms with E-state index in [2.05, 4.69) is 48.1 Å². The van der Waals surface area contributed by atoms with Gasteiger partial charge >= 0.3 is 0 Å². The van der Waals surface area contributed by atoms with Gasteiger partial charge in [0.15, 0.2) is 0 Å². The molecule has 20 heavy (non-hydrogen) atoms. The zero-order chi connectivity index (χ0) is 14.5. The molecule has 0 saturated carbocycles. The minimum absolute atomic E-state index is 0.386. The lowest BCUT2D eigenvalue weighted by Gasteiger charge is -2.18. The third-order valence-corrected chi connectivity index (χ3v) is 3.22. The van der Waals surface area contributed by atoms with Crippen LogP contribution in [0.25, 0.3) is 0 Å². The Morgan fingerprint density at radius 2 is 1.90 bits per heavy atom. The van der Waals surface area contributed by atoms with E-state index in [0.29, 0.717) is 11.6 Å². The molecule has 0 N–H and O–H groups in total. The van der Waals surface area contributed by atoms with Crippen LogP contribution in [0.15, 0.2) is 36.7 Å². The summed E-state index contributed by atoms with van der Waals surface area (Å²) >= 11 is 0. The van der Waals surface area contributed by atoms with Crippen LogP contribution >= 0.6 is 0 Å². The highest BCUT2D eigenvalue weighted by Gasteiger charge is 2.06. The van der Waals surface area contributed by atoms with Crippen molar-refractivity contribution in [3.8, 4) is 6.07 Å². The molecule has 1 heterocycles. The number of benzene rings is 1. The van der Waals surface area contributed by atoms with Crippen LogP contribution in [0.4, 0.5) is 5.82 Å². The topological polar surface area (TPSA) is 52.8 Å². The predicted molar refractivity (Wildman–Crippen MR) is 79.4 cm³/mol. The molecule has 0 atom stereocenters. The molecule has 4 heteroatoms. The lowest BCUT2D eigenvalue weighted by atomic mass is 10.0. The molecule has 0 fully saturated rings. The minimum Gasteiger partial charge on any atom is -0.355 e. The van der Waals surface area contributed by atoms with E-state index in [0.717, 1.165) is 12.4 Å². The maximum absolute atomic E-state index is 8.86. The molecule has 0 saturated heterocycles. The Hall–Kier alpha value is -2.41. The molecule has 0 spiro atoms. The average Bonchev–Trinajstić information content (AvgIpc) is 2.47. The van der Waals surface area contributed by atoms with Crippen LogP contribution in [0.5, 0.6) is 0 Å². The van der Waals surface area contributed by atoms with E-state index in [-0.39, 0.29) is 0 Å². The number of rotatable bonds is 4. The number of nitriles is 1. The Morgan fingerprint density at radius 3 is 2.50 bits per heavy atom. The van der Waals surface area contributed by atoms with E-state index in [1.807, 2.05) is 18.0 Å². The molecule has 1 aromatic heterocycles. The van der Waals surface area contributed by atoms with Crippen molar-refractivity contribution in [3.05, 3.63) is 53.5 Å². The van der Waals surface area contributed by atoms with E-state index in [1.165, 1.54) is 17.5 Å². The number of nitrogens with zero attached hydrogens (tertiary/aromatic N) is 4. The van der Waals surface area contributed by atoms with Crippen molar-refractivity contribution in [2.45, 2.75) is 26.3 Å². The molecule has 2 rings (SSSR count). The second-order valence-corrected chi connectivity index (χ2v) is 5.13. The van der Waals surface area contributed by atoms with Gasteiger partial charge in [-0.3, -0.25) is 0 Å². The second-order valence-electron chi connectivity index (χ2n) is 5.13. The fourth-order valence-electron chi connectivity index (χ4n) is 1.98. The van der Waals surface area contributed by atoms with Gasteiger partial charge in [-0.15, -0.1) is 0 Å². The predicted octanol–water partition coefficient (Wildman–Crippen LogP) is 3.11. The summed E-state index contributed by atoms with van der Waals surface area (Å²) in [5, 5.41) is 8.86. The summed E-state index contributed by atoms with van der Waals surface area (Å²) in [6, 6.07) is 12.3.